The third kappa shape index (κ3) is 3.26. The number of nitrogens with one attached hydrogen (secondary N) is 1. The lowest BCUT2D eigenvalue weighted by Crippen LogP contribution is -2.28. The van der Waals surface area contributed by atoms with Gasteiger partial charge in [0.15, 0.2) is 17.5 Å². The maximum atomic E-state index is 12.4. The molecule has 0 amide bonds. The van der Waals surface area contributed by atoms with Crippen molar-refractivity contribution in [3.8, 4) is 6.07 Å². The second kappa shape index (κ2) is 6.40. The Hall–Kier alpha value is -3.01. The molecular weight excluding hydrogens is 292 g/mol. The monoisotopic (exact) mass is 308 g/mol. The molecule has 0 saturated heterocycles. The SMILES string of the molecule is N#CC(C(=O)C1CCC1)c1nc(N)nc(Nc2ccccc2)n1. The van der Waals surface area contributed by atoms with Gasteiger partial charge in [-0.1, -0.05) is 24.6 Å². The van der Waals surface area contributed by atoms with Crippen molar-refractivity contribution in [2.24, 2.45) is 5.92 Å². The summed E-state index contributed by atoms with van der Waals surface area (Å²) in [6.07, 6.45) is 2.67. The number of carbonyl (C=O) groups excluding carboxylic acids is 1. The van der Waals surface area contributed by atoms with Crippen LogP contribution >= 0.6 is 0 Å². The fraction of sp³-hybridized carbons (Fsp3) is 0.312. The molecule has 7 heteroatoms. The maximum absolute atomic E-state index is 12.4. The van der Waals surface area contributed by atoms with Crippen LogP contribution in [0.3, 0.4) is 0 Å². The third-order valence-electron chi connectivity index (χ3n) is 3.88. The first-order valence-corrected chi connectivity index (χ1v) is 7.44. The Morgan fingerprint density at radius 3 is 2.61 bits per heavy atom. The minimum Gasteiger partial charge on any atom is -0.368 e. The summed E-state index contributed by atoms with van der Waals surface area (Å²) in [5.74, 6) is -0.883. The number of nitrogens with zero attached hydrogens (tertiary/aromatic N) is 4. The highest BCUT2D eigenvalue weighted by atomic mass is 16.1. The number of nitrogens with two attached hydrogens (primary N) is 1. The zero-order chi connectivity index (χ0) is 16.2. The normalized spacial score (nSPS) is 15.3. The molecule has 0 radical (unpaired) electrons. The summed E-state index contributed by atoms with van der Waals surface area (Å²) in [7, 11) is 0. The molecule has 1 fully saturated rings. The van der Waals surface area contributed by atoms with E-state index in [1.807, 2.05) is 36.4 Å². The average molecular weight is 308 g/mol. The van der Waals surface area contributed by atoms with Crippen LogP contribution in [0, 0.1) is 17.2 Å². The first-order chi connectivity index (χ1) is 11.2. The standard InChI is InChI=1S/C16H16N6O/c17-9-12(13(23)10-5-4-6-10)14-20-15(18)22-16(21-14)19-11-7-2-1-3-8-11/h1-3,7-8,10,12H,4-6H2,(H3,18,19,20,21,22). The van der Waals surface area contributed by atoms with Gasteiger partial charge < -0.3 is 11.1 Å². The van der Waals surface area contributed by atoms with Gasteiger partial charge in [-0.15, -0.1) is 0 Å². The summed E-state index contributed by atoms with van der Waals surface area (Å²) in [5.41, 5.74) is 6.49. The van der Waals surface area contributed by atoms with Crippen LogP contribution in [0.1, 0.15) is 31.0 Å². The summed E-state index contributed by atoms with van der Waals surface area (Å²) in [6, 6.07) is 11.3. The predicted octanol–water partition coefficient (Wildman–Crippen LogP) is 2.17. The zero-order valence-corrected chi connectivity index (χ0v) is 12.4. The molecule has 1 heterocycles. The van der Waals surface area contributed by atoms with Gasteiger partial charge in [0.25, 0.3) is 0 Å². The summed E-state index contributed by atoms with van der Waals surface area (Å²) in [5, 5.41) is 12.4. The summed E-state index contributed by atoms with van der Waals surface area (Å²) >= 11 is 0. The van der Waals surface area contributed by atoms with E-state index < -0.39 is 5.92 Å². The fourth-order valence-electron chi connectivity index (χ4n) is 2.42. The van der Waals surface area contributed by atoms with Crippen molar-refractivity contribution in [2.75, 3.05) is 11.1 Å². The van der Waals surface area contributed by atoms with Gasteiger partial charge in [0.2, 0.25) is 11.9 Å². The number of rotatable bonds is 5. The fourth-order valence-corrected chi connectivity index (χ4v) is 2.42. The number of aromatic nitrogens is 3. The van der Waals surface area contributed by atoms with Gasteiger partial charge in [-0.05, 0) is 25.0 Å². The van der Waals surface area contributed by atoms with E-state index in [2.05, 4.69) is 20.3 Å². The molecule has 0 aliphatic heterocycles. The van der Waals surface area contributed by atoms with E-state index in [9.17, 15) is 10.1 Å². The van der Waals surface area contributed by atoms with Crippen LogP contribution in [0.15, 0.2) is 30.3 Å². The molecule has 2 aromatic rings. The number of para-hydroxylation sites is 1. The lowest BCUT2D eigenvalue weighted by molar-refractivity contribution is -0.125. The lowest BCUT2D eigenvalue weighted by atomic mass is 9.78. The number of hydrogen-bond donors (Lipinski definition) is 2. The Kier molecular flexibility index (Phi) is 4.15. The molecular formula is C16H16N6O. The Balaban J connectivity index is 1.87. The van der Waals surface area contributed by atoms with Crippen molar-refractivity contribution >= 4 is 23.4 Å². The van der Waals surface area contributed by atoms with Gasteiger partial charge in [-0.3, -0.25) is 4.79 Å². The van der Waals surface area contributed by atoms with Crippen molar-refractivity contribution in [3.05, 3.63) is 36.2 Å². The third-order valence-corrected chi connectivity index (χ3v) is 3.88. The minimum absolute atomic E-state index is 0.0184. The lowest BCUT2D eigenvalue weighted by Gasteiger charge is -2.25. The van der Waals surface area contributed by atoms with Gasteiger partial charge >= 0.3 is 0 Å². The van der Waals surface area contributed by atoms with Gasteiger partial charge in [0, 0.05) is 11.6 Å². The van der Waals surface area contributed by atoms with Crippen molar-refractivity contribution in [3.63, 3.8) is 0 Å². The molecule has 3 N–H and O–H groups in total. The van der Waals surface area contributed by atoms with E-state index in [1.54, 1.807) is 0 Å². The molecule has 23 heavy (non-hydrogen) atoms. The smallest absolute Gasteiger partial charge is 0.232 e. The van der Waals surface area contributed by atoms with Gasteiger partial charge in [0.1, 0.15) is 0 Å². The Bertz CT molecular complexity index is 751. The number of carbonyl (C=O) groups is 1. The number of ketones is 1. The van der Waals surface area contributed by atoms with Gasteiger partial charge in [-0.25, -0.2) is 0 Å². The number of benzene rings is 1. The van der Waals surface area contributed by atoms with Crippen LogP contribution in [0.2, 0.25) is 0 Å². The van der Waals surface area contributed by atoms with E-state index >= 15 is 0 Å². The van der Waals surface area contributed by atoms with Crippen molar-refractivity contribution in [2.45, 2.75) is 25.2 Å². The first-order valence-electron chi connectivity index (χ1n) is 7.44. The maximum Gasteiger partial charge on any atom is 0.232 e. The van der Waals surface area contributed by atoms with Crippen LogP contribution in [0.4, 0.5) is 17.6 Å². The van der Waals surface area contributed by atoms with Gasteiger partial charge in [0.05, 0.1) is 6.07 Å². The molecule has 1 aromatic carbocycles. The quantitative estimate of drug-likeness (QED) is 0.869. The predicted molar refractivity (Wildman–Crippen MR) is 84.7 cm³/mol. The number of nitriles is 1. The van der Waals surface area contributed by atoms with Crippen molar-refractivity contribution < 1.29 is 4.79 Å². The number of anilines is 3. The highest BCUT2D eigenvalue weighted by Crippen LogP contribution is 2.32. The highest BCUT2D eigenvalue weighted by molar-refractivity contribution is 5.90. The summed E-state index contributed by atoms with van der Waals surface area (Å²) < 4.78 is 0. The molecule has 1 aliphatic rings. The van der Waals surface area contributed by atoms with E-state index in [0.29, 0.717) is 0 Å². The van der Waals surface area contributed by atoms with Gasteiger partial charge in [-0.2, -0.15) is 20.2 Å². The second-order valence-electron chi connectivity index (χ2n) is 5.46. The molecule has 1 atom stereocenters. The molecule has 7 nitrogen and oxygen atoms in total. The van der Waals surface area contributed by atoms with Crippen LogP contribution in [-0.2, 0) is 4.79 Å². The first kappa shape index (κ1) is 14.9. The second-order valence-corrected chi connectivity index (χ2v) is 5.46. The Morgan fingerprint density at radius 2 is 2.00 bits per heavy atom. The van der Waals surface area contributed by atoms with E-state index in [0.717, 1.165) is 24.9 Å². The van der Waals surface area contributed by atoms with E-state index in [1.165, 1.54) is 0 Å². The molecule has 1 aromatic heterocycles. The molecule has 0 spiro atoms. The minimum atomic E-state index is -0.998. The van der Waals surface area contributed by atoms with Crippen molar-refractivity contribution in [1.82, 2.24) is 15.0 Å². The van der Waals surface area contributed by atoms with Crippen LogP contribution in [-0.4, -0.2) is 20.7 Å². The Labute approximate surface area is 133 Å². The molecule has 1 unspecified atom stereocenters. The molecule has 1 saturated carbocycles. The molecule has 0 bridgehead atoms. The van der Waals surface area contributed by atoms with Crippen molar-refractivity contribution in [1.29, 1.82) is 5.26 Å². The van der Waals surface area contributed by atoms with Crippen LogP contribution in [0.25, 0.3) is 0 Å². The van der Waals surface area contributed by atoms with Crippen LogP contribution in [0.5, 0.6) is 0 Å². The summed E-state index contributed by atoms with van der Waals surface area (Å²) in [4.78, 5) is 24.5. The van der Waals surface area contributed by atoms with E-state index in [4.69, 9.17) is 5.73 Å². The van der Waals surface area contributed by atoms with E-state index in [-0.39, 0.29) is 29.4 Å². The largest absolute Gasteiger partial charge is 0.368 e. The molecule has 3 rings (SSSR count). The number of hydrogen-bond acceptors (Lipinski definition) is 7. The Morgan fingerprint density at radius 1 is 1.26 bits per heavy atom. The molecule has 1 aliphatic carbocycles. The number of Topliss-reactive ketones (excluding diaryl/α,β-unsaturated/α-hetero) is 1. The van der Waals surface area contributed by atoms with Crippen LogP contribution < -0.4 is 11.1 Å². The molecule has 116 valence electrons. The highest BCUT2D eigenvalue weighted by Gasteiger charge is 2.34. The number of nitrogen functional groups attached to an aromatic ring is 1. The summed E-state index contributed by atoms with van der Waals surface area (Å²) in [6.45, 7) is 0. The zero-order valence-electron chi connectivity index (χ0n) is 12.4. The topological polar surface area (TPSA) is 118 Å². The average Bonchev–Trinajstić information content (AvgIpc) is 2.46.